The van der Waals surface area contributed by atoms with Crippen LogP contribution in [0.3, 0.4) is 0 Å². The van der Waals surface area contributed by atoms with Crippen molar-refractivity contribution in [3.63, 3.8) is 0 Å². The molecule has 0 spiro atoms. The van der Waals surface area contributed by atoms with Crippen molar-refractivity contribution in [1.29, 1.82) is 0 Å². The second kappa shape index (κ2) is 30.3. The van der Waals surface area contributed by atoms with E-state index >= 15 is 0 Å². The number of Topliss-reactive ketones (excluding diaryl/α,β-unsaturated/α-hetero) is 3. The lowest BCUT2D eigenvalue weighted by molar-refractivity contribution is -0.136. The molecule has 0 aliphatic carbocycles. The number of aliphatic hydroxyl groups excluding tert-OH is 3. The summed E-state index contributed by atoms with van der Waals surface area (Å²) in [4.78, 5) is 125. The molecule has 21 heteroatoms. The quantitative estimate of drug-likeness (QED) is 0.0699. The van der Waals surface area contributed by atoms with Crippen LogP contribution in [0.1, 0.15) is 98.0 Å². The molecule has 0 unspecified atom stereocenters. The Labute approximate surface area is 399 Å². The fourth-order valence-electron chi connectivity index (χ4n) is 8.07. The average Bonchev–Trinajstić information content (AvgIpc) is 3.28. The van der Waals surface area contributed by atoms with Crippen LogP contribution in [0.2, 0.25) is 0 Å². The predicted octanol–water partition coefficient (Wildman–Crippen LogP) is -2.23. The molecule has 1 aromatic rings. The van der Waals surface area contributed by atoms with Gasteiger partial charge in [-0.1, -0.05) is 51.1 Å². The van der Waals surface area contributed by atoms with Crippen LogP contribution in [0.5, 0.6) is 0 Å². The molecule has 21 nitrogen and oxygen atoms in total. The van der Waals surface area contributed by atoms with E-state index in [9.17, 15) is 58.5 Å². The second-order valence-corrected chi connectivity index (χ2v) is 18.1. The lowest BCUT2D eigenvalue weighted by atomic mass is 9.89. The lowest BCUT2D eigenvalue weighted by Gasteiger charge is -2.27. The largest absolute Gasteiger partial charge is 0.394 e. The molecule has 0 radical (unpaired) electrons. The third-order valence-electron chi connectivity index (χ3n) is 12.1. The highest BCUT2D eigenvalue weighted by Gasteiger charge is 2.37. The van der Waals surface area contributed by atoms with Crippen LogP contribution < -0.4 is 49.1 Å². The maximum atomic E-state index is 14.3. The predicted molar refractivity (Wildman–Crippen MR) is 251 cm³/mol. The summed E-state index contributed by atoms with van der Waals surface area (Å²) in [6, 6.07) is 2.30. The number of hydrogen-bond donors (Lipinski definition) is 12. The average molecular weight is 960 g/mol. The van der Waals surface area contributed by atoms with Gasteiger partial charge in [-0.2, -0.15) is 0 Å². The Morgan fingerprint density at radius 1 is 0.706 bits per heavy atom. The van der Waals surface area contributed by atoms with Crippen LogP contribution in [-0.2, 0) is 49.6 Å². The van der Waals surface area contributed by atoms with Crippen LogP contribution in [-0.4, -0.2) is 143 Å². The standard InChI is InChI=1S/C47H77N9O12/c1-6-32(27(4)58)45(66)56-38(25-57)40(61)22-30-15-19-51-44(65)33(28(5)59)24-41(62)35(13-17-49)53-46(67)36(14-18-50)54-47(68)37(20-26(2)3)55-43(64)31(21-29-10-8-7-9-11-29)23-39(60)34(12-16-48)52-42(30)63/h7-11,26-28,30-38,57-59H,6,12-25,48-50H2,1-5H3,(H,51,65)(H,52,63)(H,53,67)(H,54,68)(H,55,64)(H,56,66)/t27-,28-,30-,31+,32+,33+,34+,35+,36+,37+,38-/m1/s1. The van der Waals surface area contributed by atoms with Crippen molar-refractivity contribution in [2.75, 3.05) is 32.8 Å². The van der Waals surface area contributed by atoms with Crippen molar-refractivity contribution in [3.8, 4) is 0 Å². The highest BCUT2D eigenvalue weighted by atomic mass is 16.3. The van der Waals surface area contributed by atoms with Crippen molar-refractivity contribution in [2.24, 2.45) is 46.8 Å². The maximum absolute atomic E-state index is 14.3. The second-order valence-electron chi connectivity index (χ2n) is 18.1. The summed E-state index contributed by atoms with van der Waals surface area (Å²) in [5.41, 5.74) is 18.3. The number of aliphatic hydroxyl groups is 3. The summed E-state index contributed by atoms with van der Waals surface area (Å²) in [5, 5.41) is 46.7. The molecule has 1 saturated heterocycles. The third-order valence-corrected chi connectivity index (χ3v) is 12.1. The Morgan fingerprint density at radius 2 is 1.22 bits per heavy atom. The first-order valence-corrected chi connectivity index (χ1v) is 23.7. The molecule has 0 saturated carbocycles. The van der Waals surface area contributed by atoms with Crippen molar-refractivity contribution in [1.82, 2.24) is 31.9 Å². The number of hydrogen-bond acceptors (Lipinski definition) is 15. The van der Waals surface area contributed by atoms with Gasteiger partial charge < -0.3 is 64.4 Å². The smallest absolute Gasteiger partial charge is 0.243 e. The van der Waals surface area contributed by atoms with Gasteiger partial charge in [0.25, 0.3) is 0 Å². The molecule has 68 heavy (non-hydrogen) atoms. The van der Waals surface area contributed by atoms with E-state index in [1.54, 1.807) is 37.3 Å². The van der Waals surface area contributed by atoms with Crippen LogP contribution in [0.25, 0.3) is 0 Å². The molecule has 1 aliphatic heterocycles. The van der Waals surface area contributed by atoms with Crippen LogP contribution in [0, 0.1) is 29.6 Å². The fraction of sp³-hybridized carbons (Fsp3) is 0.681. The van der Waals surface area contributed by atoms with Gasteiger partial charge in [0.2, 0.25) is 35.4 Å². The zero-order chi connectivity index (χ0) is 51.1. The summed E-state index contributed by atoms with van der Waals surface area (Å²) in [6.45, 7) is 6.63. The normalized spacial score (nSPS) is 25.2. The molecule has 1 fully saturated rings. The zero-order valence-electron chi connectivity index (χ0n) is 40.2. The molecule has 0 aromatic heterocycles. The first kappa shape index (κ1) is 58.9. The topological polar surface area (TPSA) is 365 Å². The van der Waals surface area contributed by atoms with Gasteiger partial charge in [-0.25, -0.2) is 0 Å². The van der Waals surface area contributed by atoms with E-state index in [2.05, 4.69) is 31.9 Å². The minimum absolute atomic E-state index is 0.0407. The van der Waals surface area contributed by atoms with Gasteiger partial charge >= 0.3 is 0 Å². The van der Waals surface area contributed by atoms with Crippen molar-refractivity contribution < 1.29 is 58.5 Å². The van der Waals surface area contributed by atoms with Crippen molar-refractivity contribution in [2.45, 2.75) is 141 Å². The molecular weight excluding hydrogens is 883 g/mol. The Balaban J connectivity index is 2.73. The monoisotopic (exact) mass is 960 g/mol. The van der Waals surface area contributed by atoms with E-state index < -0.39 is 145 Å². The van der Waals surface area contributed by atoms with Gasteiger partial charge in [0.15, 0.2) is 17.3 Å². The molecule has 6 amide bonds. The van der Waals surface area contributed by atoms with E-state index in [4.69, 9.17) is 17.2 Å². The maximum Gasteiger partial charge on any atom is 0.243 e. The molecule has 0 bridgehead atoms. The molecule has 15 N–H and O–H groups in total. The van der Waals surface area contributed by atoms with Crippen LogP contribution in [0.4, 0.5) is 0 Å². The Morgan fingerprint density at radius 3 is 1.75 bits per heavy atom. The molecule has 1 heterocycles. The Hall–Kier alpha value is -5.19. The van der Waals surface area contributed by atoms with Crippen LogP contribution in [0.15, 0.2) is 30.3 Å². The number of benzene rings is 1. The van der Waals surface area contributed by atoms with Gasteiger partial charge in [-0.15, -0.1) is 0 Å². The minimum atomic E-state index is -1.49. The molecule has 11 atom stereocenters. The summed E-state index contributed by atoms with van der Waals surface area (Å²) in [6.07, 6.45) is -4.18. The number of ketones is 3. The lowest BCUT2D eigenvalue weighted by Crippen LogP contribution is -2.57. The van der Waals surface area contributed by atoms with Crippen molar-refractivity contribution >= 4 is 52.8 Å². The molecule has 1 aliphatic rings. The van der Waals surface area contributed by atoms with E-state index in [1.165, 1.54) is 13.8 Å². The van der Waals surface area contributed by atoms with Gasteiger partial charge in [0.05, 0.1) is 42.7 Å². The molecule has 2 rings (SSSR count). The highest BCUT2D eigenvalue weighted by Crippen LogP contribution is 2.20. The number of nitrogens with two attached hydrogens (primary N) is 3. The molecule has 382 valence electrons. The summed E-state index contributed by atoms with van der Waals surface area (Å²) in [5.74, 6) is -11.4. The minimum Gasteiger partial charge on any atom is -0.394 e. The van der Waals surface area contributed by atoms with E-state index in [0.29, 0.717) is 5.56 Å². The summed E-state index contributed by atoms with van der Waals surface area (Å²) >= 11 is 0. The van der Waals surface area contributed by atoms with Gasteiger partial charge in [0, 0.05) is 37.6 Å². The number of amides is 6. The van der Waals surface area contributed by atoms with Gasteiger partial charge in [-0.3, -0.25) is 43.2 Å². The van der Waals surface area contributed by atoms with E-state index in [-0.39, 0.29) is 77.0 Å². The first-order chi connectivity index (χ1) is 32.2. The van der Waals surface area contributed by atoms with E-state index in [1.807, 2.05) is 13.8 Å². The van der Waals surface area contributed by atoms with Gasteiger partial charge in [-0.05, 0) is 89.9 Å². The molecule has 1 aromatic carbocycles. The van der Waals surface area contributed by atoms with Crippen LogP contribution >= 0.6 is 0 Å². The molecular formula is C47H77N9O12. The highest BCUT2D eigenvalue weighted by molar-refractivity contribution is 5.98. The van der Waals surface area contributed by atoms with Crippen molar-refractivity contribution in [3.05, 3.63) is 35.9 Å². The fourth-order valence-corrected chi connectivity index (χ4v) is 8.07. The first-order valence-electron chi connectivity index (χ1n) is 23.7. The summed E-state index contributed by atoms with van der Waals surface area (Å²) in [7, 11) is 0. The number of carbonyl (C=O) groups is 9. The number of rotatable bonds is 19. The number of carbonyl (C=O) groups excluding carboxylic acids is 9. The zero-order valence-corrected chi connectivity index (χ0v) is 40.2. The van der Waals surface area contributed by atoms with E-state index in [0.717, 1.165) is 0 Å². The third kappa shape index (κ3) is 19.4. The van der Waals surface area contributed by atoms with Gasteiger partial charge in [0.1, 0.15) is 18.1 Å². The SMILES string of the molecule is CC[C@H](C(=O)N[C@H](CO)C(=O)C[C@H]1CCNC(=O)[C@H]([C@@H](C)O)CC(=O)[C@H](CCN)NC(=O)[C@H](CCN)NC(=O)[C@H](CC(C)C)NC(=O)[C@@H](Cc2ccccc2)CC(=O)[C@H](CCN)NC1=O)[C@@H](C)O. The Bertz CT molecular complexity index is 1830. The Kier molecular flexibility index (Phi) is 26.3. The number of nitrogens with one attached hydrogen (secondary N) is 6. The summed E-state index contributed by atoms with van der Waals surface area (Å²) < 4.78 is 0.